The Morgan fingerprint density at radius 3 is 2.31 bits per heavy atom. The van der Waals surface area contributed by atoms with Gasteiger partial charge in [-0.2, -0.15) is 4.98 Å². The van der Waals surface area contributed by atoms with Crippen LogP contribution in [0.1, 0.15) is 49.1 Å². The maximum atomic E-state index is 12.9. The largest absolute Gasteiger partial charge is 0.422 e. The second-order valence-corrected chi connectivity index (χ2v) is 9.81. The van der Waals surface area contributed by atoms with Gasteiger partial charge in [-0.15, -0.1) is 0 Å². The first-order chi connectivity index (χ1) is 17.2. The zero-order chi connectivity index (χ0) is 25.6. The molecule has 3 aliphatic heterocycles. The second kappa shape index (κ2) is 9.29. The predicted molar refractivity (Wildman–Crippen MR) is 126 cm³/mol. The molecule has 0 amide bonds. The van der Waals surface area contributed by atoms with E-state index in [-0.39, 0.29) is 30.4 Å². The summed E-state index contributed by atoms with van der Waals surface area (Å²) in [6.07, 6.45) is 3.95. The summed E-state index contributed by atoms with van der Waals surface area (Å²) >= 11 is 0. The Kier molecular flexibility index (Phi) is 6.29. The SMILES string of the molecule is Cc1ccccc1COC1CC2CCC(C1)N2CCC1(n2c(C)nc(=O)n(C)c2=O)OC(=O)C(=O)O1. The van der Waals surface area contributed by atoms with E-state index in [0.717, 1.165) is 34.8 Å². The third-order valence-corrected chi connectivity index (χ3v) is 7.62. The van der Waals surface area contributed by atoms with Crippen molar-refractivity contribution in [3.8, 4) is 0 Å². The van der Waals surface area contributed by atoms with Gasteiger partial charge in [-0.3, -0.25) is 4.90 Å². The average Bonchev–Trinajstić information content (AvgIpc) is 3.26. The number of benzene rings is 1. The van der Waals surface area contributed by atoms with Crippen molar-refractivity contribution in [3.05, 3.63) is 62.2 Å². The Labute approximate surface area is 207 Å². The van der Waals surface area contributed by atoms with Gasteiger partial charge in [0, 0.05) is 25.7 Å². The summed E-state index contributed by atoms with van der Waals surface area (Å²) in [6.45, 7) is 4.52. The van der Waals surface area contributed by atoms with Crippen LogP contribution in [-0.2, 0) is 43.4 Å². The third kappa shape index (κ3) is 4.26. The van der Waals surface area contributed by atoms with E-state index in [1.165, 1.54) is 25.1 Å². The fourth-order valence-corrected chi connectivity index (χ4v) is 5.70. The number of hydrogen-bond acceptors (Lipinski definition) is 9. The molecule has 3 aliphatic rings. The lowest BCUT2D eigenvalue weighted by Crippen LogP contribution is -2.53. The summed E-state index contributed by atoms with van der Waals surface area (Å²) < 4.78 is 18.8. The second-order valence-electron chi connectivity index (χ2n) is 9.81. The molecule has 3 saturated heterocycles. The van der Waals surface area contributed by atoms with Gasteiger partial charge in [-0.1, -0.05) is 24.3 Å². The van der Waals surface area contributed by atoms with Crippen LogP contribution in [0.2, 0.25) is 0 Å². The van der Waals surface area contributed by atoms with Gasteiger partial charge in [-0.05, 0) is 50.7 Å². The maximum absolute atomic E-state index is 12.9. The molecule has 0 spiro atoms. The number of rotatable bonds is 7. The van der Waals surface area contributed by atoms with Crippen LogP contribution in [0.25, 0.3) is 0 Å². The minimum Gasteiger partial charge on any atom is -0.394 e. The molecule has 2 atom stereocenters. The molecule has 2 aromatic rings. The molecule has 1 aromatic carbocycles. The highest BCUT2D eigenvalue weighted by molar-refractivity contribution is 6.31. The topological polar surface area (TPSA) is 122 Å². The normalized spacial score (nSPS) is 25.1. The van der Waals surface area contributed by atoms with E-state index in [1.54, 1.807) is 0 Å². The highest BCUT2D eigenvalue weighted by Gasteiger charge is 2.53. The standard InChI is InChI=1S/C25H30N4O7/c1-15-6-4-5-7-17(15)14-34-20-12-18-8-9-19(13-20)28(18)11-10-25(35-21(30)22(31)36-25)29-16(2)26-23(32)27(3)24(29)33/h4-7,18-20H,8-14H2,1-3H3. The highest BCUT2D eigenvalue weighted by atomic mass is 16.8. The highest BCUT2D eigenvalue weighted by Crippen LogP contribution is 2.39. The first kappa shape index (κ1) is 24.4. The van der Waals surface area contributed by atoms with Gasteiger partial charge in [0.25, 0.3) is 0 Å². The lowest BCUT2D eigenvalue weighted by Gasteiger charge is -2.40. The number of esters is 2. The number of carbonyl (C=O) groups is 2. The molecule has 0 radical (unpaired) electrons. The molecule has 2 unspecified atom stereocenters. The lowest BCUT2D eigenvalue weighted by atomic mass is 9.99. The van der Waals surface area contributed by atoms with E-state index in [1.807, 2.05) is 12.1 Å². The Hall–Kier alpha value is -3.31. The van der Waals surface area contributed by atoms with Gasteiger partial charge in [0.2, 0.25) is 0 Å². The van der Waals surface area contributed by atoms with Gasteiger partial charge >= 0.3 is 29.2 Å². The van der Waals surface area contributed by atoms with E-state index in [9.17, 15) is 19.2 Å². The molecule has 0 aliphatic carbocycles. The zero-order valence-electron chi connectivity index (χ0n) is 20.6. The minimum atomic E-state index is -1.98. The van der Waals surface area contributed by atoms with Gasteiger partial charge in [-0.25, -0.2) is 28.3 Å². The van der Waals surface area contributed by atoms with Crippen LogP contribution >= 0.6 is 0 Å². The maximum Gasteiger partial charge on any atom is 0.422 e. The van der Waals surface area contributed by atoms with Crippen LogP contribution in [0.4, 0.5) is 0 Å². The number of nitrogens with zero attached hydrogens (tertiary/aromatic N) is 4. The summed E-state index contributed by atoms with van der Waals surface area (Å²) in [4.78, 5) is 55.2. The number of fused-ring (bicyclic) bond motifs is 2. The summed E-state index contributed by atoms with van der Waals surface area (Å²) in [5.74, 6) is -4.34. The van der Waals surface area contributed by atoms with Gasteiger partial charge in [0.15, 0.2) is 0 Å². The molecular weight excluding hydrogens is 468 g/mol. The molecular formula is C25H30N4O7. The monoisotopic (exact) mass is 498 g/mol. The van der Waals surface area contributed by atoms with Crippen molar-refractivity contribution in [1.29, 1.82) is 0 Å². The minimum absolute atomic E-state index is 0.00288. The van der Waals surface area contributed by atoms with E-state index >= 15 is 0 Å². The van der Waals surface area contributed by atoms with Crippen molar-refractivity contribution in [3.63, 3.8) is 0 Å². The number of hydrogen-bond donors (Lipinski definition) is 0. The van der Waals surface area contributed by atoms with Crippen molar-refractivity contribution in [2.45, 2.75) is 76.7 Å². The number of cyclic esters (lactones) is 2. The third-order valence-electron chi connectivity index (χ3n) is 7.62. The Bertz CT molecular complexity index is 1290. The summed E-state index contributed by atoms with van der Waals surface area (Å²) in [5.41, 5.74) is 0.875. The van der Waals surface area contributed by atoms with Gasteiger partial charge in [0.05, 0.1) is 19.1 Å². The summed E-state index contributed by atoms with van der Waals surface area (Å²) in [5, 5.41) is 0. The average molecular weight is 499 g/mol. The number of ether oxygens (including phenoxy) is 3. The molecule has 11 nitrogen and oxygen atoms in total. The Morgan fingerprint density at radius 2 is 1.67 bits per heavy atom. The van der Waals surface area contributed by atoms with Crippen molar-refractivity contribution in [2.75, 3.05) is 6.54 Å². The molecule has 11 heteroatoms. The molecule has 5 rings (SSSR count). The van der Waals surface area contributed by atoms with Gasteiger partial charge < -0.3 is 14.2 Å². The molecule has 0 N–H and O–H groups in total. The van der Waals surface area contributed by atoms with E-state index in [2.05, 4.69) is 28.9 Å². The number of aryl methyl sites for hydroxylation is 2. The molecule has 3 fully saturated rings. The van der Waals surface area contributed by atoms with E-state index in [0.29, 0.717) is 13.2 Å². The number of carbonyl (C=O) groups excluding carboxylic acids is 2. The van der Waals surface area contributed by atoms with Crippen LogP contribution in [-0.4, -0.2) is 55.7 Å². The van der Waals surface area contributed by atoms with Crippen molar-refractivity contribution >= 4 is 11.9 Å². The van der Waals surface area contributed by atoms with Crippen LogP contribution in [0, 0.1) is 13.8 Å². The van der Waals surface area contributed by atoms with Crippen LogP contribution in [0.5, 0.6) is 0 Å². The van der Waals surface area contributed by atoms with Crippen molar-refractivity contribution in [1.82, 2.24) is 19.0 Å². The lowest BCUT2D eigenvalue weighted by molar-refractivity contribution is -0.231. The number of aromatic nitrogens is 3. The van der Waals surface area contributed by atoms with Crippen molar-refractivity contribution in [2.24, 2.45) is 7.05 Å². The Morgan fingerprint density at radius 1 is 1.03 bits per heavy atom. The number of piperidine rings is 1. The first-order valence-corrected chi connectivity index (χ1v) is 12.2. The Balaban J connectivity index is 1.31. The van der Waals surface area contributed by atoms with Crippen LogP contribution in [0.15, 0.2) is 33.9 Å². The molecule has 1 aromatic heterocycles. The zero-order valence-corrected chi connectivity index (χ0v) is 20.6. The van der Waals surface area contributed by atoms with E-state index < -0.39 is 29.2 Å². The molecule has 36 heavy (non-hydrogen) atoms. The molecule has 2 bridgehead atoms. The van der Waals surface area contributed by atoms with Gasteiger partial charge in [0.1, 0.15) is 5.82 Å². The molecule has 4 heterocycles. The quantitative estimate of drug-likeness (QED) is 0.404. The first-order valence-electron chi connectivity index (χ1n) is 12.2. The molecule has 192 valence electrons. The van der Waals surface area contributed by atoms with Crippen LogP contribution in [0.3, 0.4) is 0 Å². The van der Waals surface area contributed by atoms with Crippen molar-refractivity contribution < 1.29 is 23.8 Å². The smallest absolute Gasteiger partial charge is 0.394 e. The van der Waals surface area contributed by atoms with Crippen LogP contribution < -0.4 is 11.4 Å². The molecule has 0 saturated carbocycles. The fourth-order valence-electron chi connectivity index (χ4n) is 5.70. The fraction of sp³-hybridized carbons (Fsp3) is 0.560. The summed E-state index contributed by atoms with van der Waals surface area (Å²) in [6, 6.07) is 8.74. The van der Waals surface area contributed by atoms with E-state index in [4.69, 9.17) is 14.2 Å². The predicted octanol–water partition coefficient (Wildman–Crippen LogP) is 0.871. The summed E-state index contributed by atoms with van der Waals surface area (Å²) in [7, 11) is 1.27.